The third-order valence-corrected chi connectivity index (χ3v) is 4.85. The van der Waals surface area contributed by atoms with Crippen LogP contribution in [0, 0.1) is 0 Å². The summed E-state index contributed by atoms with van der Waals surface area (Å²) in [4.78, 5) is 0. The smallest absolute Gasteiger partial charge is 0.0901 e. The van der Waals surface area contributed by atoms with Gasteiger partial charge in [-0.2, -0.15) is 0 Å². The number of likely N-dealkylation sites (N-methyl/N-ethyl adjacent to an activating group) is 1. The molecule has 2 heteroatoms. The van der Waals surface area contributed by atoms with Gasteiger partial charge < -0.3 is 10.1 Å². The second-order valence-electron chi connectivity index (χ2n) is 6.15. The first-order chi connectivity index (χ1) is 10.4. The molecule has 1 heterocycles. The van der Waals surface area contributed by atoms with Crippen molar-refractivity contribution in [3.8, 4) is 0 Å². The van der Waals surface area contributed by atoms with Crippen LogP contribution >= 0.6 is 0 Å². The lowest BCUT2D eigenvalue weighted by Crippen LogP contribution is -2.23. The normalized spacial score (nSPS) is 26.6. The van der Waals surface area contributed by atoms with Crippen LogP contribution in [0.25, 0.3) is 0 Å². The predicted molar refractivity (Wildman–Crippen MR) is 84.6 cm³/mol. The molecule has 2 aromatic rings. The van der Waals surface area contributed by atoms with Gasteiger partial charge in [0.2, 0.25) is 0 Å². The van der Waals surface area contributed by atoms with E-state index in [1.807, 2.05) is 7.05 Å². The van der Waals surface area contributed by atoms with Crippen LogP contribution in [-0.2, 0) is 11.2 Å². The van der Waals surface area contributed by atoms with Crippen molar-refractivity contribution in [3.05, 3.63) is 70.8 Å². The molecule has 2 nitrogen and oxygen atoms in total. The van der Waals surface area contributed by atoms with Gasteiger partial charge in [-0.3, -0.25) is 0 Å². The van der Waals surface area contributed by atoms with Crippen LogP contribution in [0.1, 0.15) is 40.7 Å². The van der Waals surface area contributed by atoms with Crippen LogP contribution in [0.2, 0.25) is 0 Å². The molecule has 1 N–H and O–H groups in total. The number of rotatable bonds is 2. The lowest BCUT2D eigenvalue weighted by atomic mass is 9.87. The minimum Gasteiger partial charge on any atom is -0.368 e. The summed E-state index contributed by atoms with van der Waals surface area (Å²) < 4.78 is 6.41. The topological polar surface area (TPSA) is 21.3 Å². The van der Waals surface area contributed by atoms with Crippen molar-refractivity contribution in [2.75, 3.05) is 13.6 Å². The molecule has 2 aromatic carbocycles. The number of fused-ring (bicyclic) bond motifs is 5. The molecule has 0 radical (unpaired) electrons. The van der Waals surface area contributed by atoms with Crippen molar-refractivity contribution >= 4 is 0 Å². The summed E-state index contributed by atoms with van der Waals surface area (Å²) in [5.74, 6) is 0.489. The van der Waals surface area contributed by atoms with Crippen molar-refractivity contribution in [1.82, 2.24) is 5.32 Å². The highest BCUT2D eigenvalue weighted by Crippen LogP contribution is 2.48. The van der Waals surface area contributed by atoms with Gasteiger partial charge in [0.25, 0.3) is 0 Å². The highest BCUT2D eigenvalue weighted by molar-refractivity contribution is 5.45. The van der Waals surface area contributed by atoms with E-state index in [0.29, 0.717) is 12.0 Å². The molecule has 108 valence electrons. The number of benzene rings is 2. The predicted octanol–water partition coefficient (Wildman–Crippen LogP) is 3.42. The van der Waals surface area contributed by atoms with Gasteiger partial charge in [0.1, 0.15) is 0 Å². The first kappa shape index (κ1) is 13.1. The number of ether oxygens (including phenoxy) is 1. The molecule has 3 unspecified atom stereocenters. The Balaban J connectivity index is 1.83. The Hall–Kier alpha value is -1.64. The largest absolute Gasteiger partial charge is 0.368 e. The summed E-state index contributed by atoms with van der Waals surface area (Å²) >= 11 is 0. The molecule has 0 spiro atoms. The minimum absolute atomic E-state index is 0.211. The van der Waals surface area contributed by atoms with Gasteiger partial charge in [-0.25, -0.2) is 0 Å². The Bertz CT molecular complexity index is 598. The fourth-order valence-electron chi connectivity index (χ4n) is 3.94. The van der Waals surface area contributed by atoms with Crippen LogP contribution in [0.4, 0.5) is 0 Å². The van der Waals surface area contributed by atoms with E-state index in [1.54, 1.807) is 0 Å². The van der Waals surface area contributed by atoms with Crippen molar-refractivity contribution in [1.29, 1.82) is 0 Å². The Labute approximate surface area is 126 Å². The van der Waals surface area contributed by atoms with Gasteiger partial charge in [0.05, 0.1) is 12.2 Å². The van der Waals surface area contributed by atoms with Gasteiger partial charge in [-0.15, -0.1) is 0 Å². The second-order valence-corrected chi connectivity index (χ2v) is 6.15. The first-order valence-corrected chi connectivity index (χ1v) is 7.82. The van der Waals surface area contributed by atoms with Crippen molar-refractivity contribution in [3.63, 3.8) is 0 Å². The van der Waals surface area contributed by atoms with E-state index < -0.39 is 0 Å². The molecule has 0 saturated carbocycles. The molecular formula is C19H21NO. The summed E-state index contributed by atoms with van der Waals surface area (Å²) in [7, 11) is 2.00. The fourth-order valence-corrected chi connectivity index (χ4v) is 3.94. The molecule has 0 amide bonds. The van der Waals surface area contributed by atoms with E-state index in [0.717, 1.165) is 19.4 Å². The van der Waals surface area contributed by atoms with Gasteiger partial charge >= 0.3 is 0 Å². The maximum absolute atomic E-state index is 6.41. The Morgan fingerprint density at radius 1 is 1.00 bits per heavy atom. The van der Waals surface area contributed by atoms with Crippen LogP contribution < -0.4 is 5.32 Å². The lowest BCUT2D eigenvalue weighted by Gasteiger charge is -2.19. The van der Waals surface area contributed by atoms with E-state index in [2.05, 4.69) is 53.8 Å². The van der Waals surface area contributed by atoms with Gasteiger partial charge in [-0.05, 0) is 42.1 Å². The van der Waals surface area contributed by atoms with Gasteiger partial charge in [0.15, 0.2) is 0 Å². The maximum atomic E-state index is 6.41. The zero-order chi connectivity index (χ0) is 14.2. The summed E-state index contributed by atoms with van der Waals surface area (Å²) in [6.07, 6.45) is 2.66. The third kappa shape index (κ3) is 2.19. The zero-order valence-electron chi connectivity index (χ0n) is 12.4. The van der Waals surface area contributed by atoms with Crippen molar-refractivity contribution in [2.45, 2.75) is 31.0 Å². The summed E-state index contributed by atoms with van der Waals surface area (Å²) in [6.45, 7) is 0.928. The average molecular weight is 279 g/mol. The van der Waals surface area contributed by atoms with Crippen LogP contribution in [0.15, 0.2) is 48.5 Å². The number of hydrogen-bond donors (Lipinski definition) is 1. The molecule has 0 bridgehead atoms. The van der Waals surface area contributed by atoms with E-state index in [-0.39, 0.29) is 6.10 Å². The molecule has 0 aromatic heterocycles. The highest BCUT2D eigenvalue weighted by atomic mass is 16.5. The van der Waals surface area contributed by atoms with Crippen LogP contribution in [0.5, 0.6) is 0 Å². The fraction of sp³-hybridized carbons (Fsp3) is 0.368. The molecular weight excluding hydrogens is 258 g/mol. The Morgan fingerprint density at radius 2 is 1.67 bits per heavy atom. The Kier molecular flexibility index (Phi) is 3.28. The van der Waals surface area contributed by atoms with E-state index in [9.17, 15) is 0 Å². The average Bonchev–Trinajstić information content (AvgIpc) is 2.87. The van der Waals surface area contributed by atoms with Crippen molar-refractivity contribution < 1.29 is 4.74 Å². The number of hydrogen-bond acceptors (Lipinski definition) is 2. The van der Waals surface area contributed by atoms with Crippen LogP contribution in [0.3, 0.4) is 0 Å². The maximum Gasteiger partial charge on any atom is 0.0901 e. The number of nitrogens with one attached hydrogen (secondary N) is 1. The highest BCUT2D eigenvalue weighted by Gasteiger charge is 2.40. The molecule has 3 atom stereocenters. The van der Waals surface area contributed by atoms with E-state index >= 15 is 0 Å². The molecule has 21 heavy (non-hydrogen) atoms. The van der Waals surface area contributed by atoms with Gasteiger partial charge in [0, 0.05) is 12.5 Å². The van der Waals surface area contributed by atoms with E-state index in [4.69, 9.17) is 4.74 Å². The molecule has 1 fully saturated rings. The monoisotopic (exact) mass is 279 g/mol. The molecule has 4 rings (SSSR count). The summed E-state index contributed by atoms with van der Waals surface area (Å²) in [6, 6.07) is 17.7. The van der Waals surface area contributed by atoms with Crippen molar-refractivity contribution in [2.24, 2.45) is 0 Å². The SMILES string of the molecule is CNCC1CC2c3ccccc3Cc3ccccc3C2O1. The molecule has 1 aliphatic carbocycles. The molecule has 2 aliphatic rings. The van der Waals surface area contributed by atoms with Crippen LogP contribution in [-0.4, -0.2) is 19.7 Å². The quantitative estimate of drug-likeness (QED) is 0.909. The molecule has 1 saturated heterocycles. The second kappa shape index (κ2) is 5.28. The zero-order valence-corrected chi connectivity index (χ0v) is 12.4. The third-order valence-electron chi connectivity index (χ3n) is 4.85. The van der Waals surface area contributed by atoms with E-state index in [1.165, 1.54) is 22.3 Å². The molecule has 1 aliphatic heterocycles. The summed E-state index contributed by atoms with van der Waals surface area (Å²) in [5, 5.41) is 3.26. The lowest BCUT2D eigenvalue weighted by molar-refractivity contribution is 0.0419. The summed E-state index contributed by atoms with van der Waals surface area (Å²) in [5.41, 5.74) is 5.75. The Morgan fingerprint density at radius 3 is 2.43 bits per heavy atom. The first-order valence-electron chi connectivity index (χ1n) is 7.82. The minimum atomic E-state index is 0.211. The standard InChI is InChI=1S/C19H21NO/c1-20-12-15-11-18-16-8-4-2-6-13(16)10-14-7-3-5-9-17(14)19(18)21-15/h2-9,15,18-20H,10-12H2,1H3. The van der Waals surface area contributed by atoms with Gasteiger partial charge in [-0.1, -0.05) is 48.5 Å².